The standard InChI is InChI=1S/C21H25N3O4/c1-23(2)11-6-12-28-19-13-15(27-3)9-10-16(19)21-22-17-7-4-5-8-18(17)24(21)14-20(25)26/h4-5,7-10,13H,6,11-12,14H2,1-3H3,(H,25,26). The lowest BCUT2D eigenvalue weighted by atomic mass is 10.1. The lowest BCUT2D eigenvalue weighted by Gasteiger charge is -2.15. The predicted molar refractivity (Wildman–Crippen MR) is 108 cm³/mol. The second kappa shape index (κ2) is 8.75. The molecule has 2 aromatic carbocycles. The van der Waals surface area contributed by atoms with Gasteiger partial charge in [-0.05, 0) is 44.8 Å². The van der Waals surface area contributed by atoms with Crippen LogP contribution in [-0.4, -0.2) is 59.9 Å². The molecule has 7 nitrogen and oxygen atoms in total. The van der Waals surface area contributed by atoms with Gasteiger partial charge in [-0.1, -0.05) is 12.1 Å². The van der Waals surface area contributed by atoms with Crippen LogP contribution in [0.1, 0.15) is 6.42 Å². The normalized spacial score (nSPS) is 11.1. The van der Waals surface area contributed by atoms with Crippen LogP contribution >= 0.6 is 0 Å². The molecule has 0 saturated carbocycles. The molecule has 0 bridgehead atoms. The highest BCUT2D eigenvalue weighted by Gasteiger charge is 2.18. The molecule has 148 valence electrons. The Morgan fingerprint density at radius 1 is 1.21 bits per heavy atom. The van der Waals surface area contributed by atoms with Crippen LogP contribution in [0.15, 0.2) is 42.5 Å². The SMILES string of the molecule is COc1ccc(-c2nc3ccccc3n2CC(=O)O)c(OCCCN(C)C)c1. The van der Waals surface area contributed by atoms with Crippen LogP contribution in [0.2, 0.25) is 0 Å². The van der Waals surface area contributed by atoms with Gasteiger partial charge in [-0.3, -0.25) is 4.79 Å². The first-order chi connectivity index (χ1) is 13.5. The quantitative estimate of drug-likeness (QED) is 0.572. The zero-order valence-corrected chi connectivity index (χ0v) is 16.4. The highest BCUT2D eigenvalue weighted by atomic mass is 16.5. The number of hydrogen-bond acceptors (Lipinski definition) is 5. The van der Waals surface area contributed by atoms with Crippen molar-refractivity contribution in [2.45, 2.75) is 13.0 Å². The molecule has 1 heterocycles. The predicted octanol–water partition coefficient (Wildman–Crippen LogP) is 3.13. The summed E-state index contributed by atoms with van der Waals surface area (Å²) in [6, 6.07) is 13.0. The fourth-order valence-corrected chi connectivity index (χ4v) is 3.07. The number of methoxy groups -OCH3 is 1. The molecule has 0 aliphatic rings. The summed E-state index contributed by atoms with van der Waals surface area (Å²) >= 11 is 0. The number of hydrogen-bond donors (Lipinski definition) is 1. The maximum Gasteiger partial charge on any atom is 0.323 e. The molecule has 28 heavy (non-hydrogen) atoms. The van der Waals surface area contributed by atoms with Gasteiger partial charge in [-0.2, -0.15) is 0 Å². The third-order valence-corrected chi connectivity index (χ3v) is 4.38. The summed E-state index contributed by atoms with van der Waals surface area (Å²) in [5.41, 5.74) is 2.26. The molecule has 0 aliphatic heterocycles. The molecule has 0 saturated heterocycles. The average molecular weight is 383 g/mol. The van der Waals surface area contributed by atoms with Gasteiger partial charge in [0.1, 0.15) is 23.9 Å². The number of aromatic nitrogens is 2. The maximum absolute atomic E-state index is 11.4. The number of benzene rings is 2. The van der Waals surface area contributed by atoms with Crippen molar-refractivity contribution in [3.05, 3.63) is 42.5 Å². The first-order valence-corrected chi connectivity index (χ1v) is 9.12. The number of aliphatic carboxylic acids is 1. The lowest BCUT2D eigenvalue weighted by Crippen LogP contribution is -2.16. The molecule has 0 unspecified atom stereocenters. The van der Waals surface area contributed by atoms with Gasteiger partial charge in [-0.15, -0.1) is 0 Å². The maximum atomic E-state index is 11.4. The largest absolute Gasteiger partial charge is 0.497 e. The van der Waals surface area contributed by atoms with Crippen LogP contribution in [0.25, 0.3) is 22.4 Å². The molecule has 0 fully saturated rings. The summed E-state index contributed by atoms with van der Waals surface area (Å²) in [4.78, 5) is 18.2. The summed E-state index contributed by atoms with van der Waals surface area (Å²) in [6.45, 7) is 1.27. The number of carboxylic acid groups (broad SMARTS) is 1. The van der Waals surface area contributed by atoms with Gasteiger partial charge in [0.05, 0.1) is 30.3 Å². The van der Waals surface area contributed by atoms with Gasteiger partial charge < -0.3 is 24.0 Å². The van der Waals surface area contributed by atoms with Crippen LogP contribution in [0.3, 0.4) is 0 Å². The van der Waals surface area contributed by atoms with Crippen molar-refractivity contribution in [1.29, 1.82) is 0 Å². The fraction of sp³-hybridized carbons (Fsp3) is 0.333. The van der Waals surface area contributed by atoms with E-state index in [0.29, 0.717) is 23.9 Å². The van der Waals surface area contributed by atoms with Gasteiger partial charge in [0.15, 0.2) is 0 Å². The Morgan fingerprint density at radius 2 is 2.00 bits per heavy atom. The molecule has 1 aromatic heterocycles. The Morgan fingerprint density at radius 3 is 2.71 bits per heavy atom. The number of ether oxygens (including phenoxy) is 2. The molecule has 0 radical (unpaired) electrons. The monoisotopic (exact) mass is 383 g/mol. The first-order valence-electron chi connectivity index (χ1n) is 9.12. The van der Waals surface area contributed by atoms with E-state index in [2.05, 4.69) is 9.88 Å². The second-order valence-corrected chi connectivity index (χ2v) is 6.77. The highest BCUT2D eigenvalue weighted by molar-refractivity contribution is 5.84. The van der Waals surface area contributed by atoms with Gasteiger partial charge >= 0.3 is 5.97 Å². The number of carboxylic acids is 1. The number of carbonyl (C=O) groups is 1. The molecule has 3 rings (SSSR count). The van der Waals surface area contributed by atoms with Crippen molar-refractivity contribution in [3.63, 3.8) is 0 Å². The van der Waals surface area contributed by atoms with Crippen molar-refractivity contribution < 1.29 is 19.4 Å². The Balaban J connectivity index is 2.03. The van der Waals surface area contributed by atoms with Crippen molar-refractivity contribution >= 4 is 17.0 Å². The fourth-order valence-electron chi connectivity index (χ4n) is 3.07. The summed E-state index contributed by atoms with van der Waals surface area (Å²) in [7, 11) is 5.64. The smallest absolute Gasteiger partial charge is 0.323 e. The van der Waals surface area contributed by atoms with Crippen LogP contribution in [0.5, 0.6) is 11.5 Å². The van der Waals surface area contributed by atoms with E-state index in [1.54, 1.807) is 11.7 Å². The number of imidazole rings is 1. The number of nitrogens with zero attached hydrogens (tertiary/aromatic N) is 3. The molecule has 0 amide bonds. The Labute approximate surface area is 164 Å². The molecule has 0 aliphatic carbocycles. The Kier molecular flexibility index (Phi) is 6.16. The van der Waals surface area contributed by atoms with E-state index in [9.17, 15) is 9.90 Å². The van der Waals surface area contributed by atoms with Crippen molar-refractivity contribution in [1.82, 2.24) is 14.5 Å². The molecular formula is C21H25N3O4. The van der Waals surface area contributed by atoms with E-state index in [0.717, 1.165) is 29.6 Å². The molecule has 3 aromatic rings. The van der Waals surface area contributed by atoms with Crippen LogP contribution in [0, 0.1) is 0 Å². The van der Waals surface area contributed by atoms with E-state index in [4.69, 9.17) is 9.47 Å². The summed E-state index contributed by atoms with van der Waals surface area (Å²) in [6.07, 6.45) is 0.870. The third-order valence-electron chi connectivity index (χ3n) is 4.38. The second-order valence-electron chi connectivity index (χ2n) is 6.77. The van der Waals surface area contributed by atoms with E-state index in [1.807, 2.05) is 56.6 Å². The topological polar surface area (TPSA) is 76.8 Å². The van der Waals surface area contributed by atoms with Crippen LogP contribution in [0.4, 0.5) is 0 Å². The summed E-state index contributed by atoms with van der Waals surface area (Å²) in [5.74, 6) is 0.938. The van der Waals surface area contributed by atoms with Crippen molar-refractivity contribution in [2.75, 3.05) is 34.4 Å². The van der Waals surface area contributed by atoms with E-state index >= 15 is 0 Å². The first kappa shape index (κ1) is 19.7. The number of fused-ring (bicyclic) bond motifs is 1. The summed E-state index contributed by atoms with van der Waals surface area (Å²) in [5, 5.41) is 9.39. The van der Waals surface area contributed by atoms with Gasteiger partial charge in [0.2, 0.25) is 0 Å². The van der Waals surface area contributed by atoms with Crippen LogP contribution < -0.4 is 9.47 Å². The zero-order chi connectivity index (χ0) is 20.1. The molecule has 0 spiro atoms. The minimum absolute atomic E-state index is 0.179. The van der Waals surface area contributed by atoms with Crippen LogP contribution in [-0.2, 0) is 11.3 Å². The third kappa shape index (κ3) is 4.43. The van der Waals surface area contributed by atoms with Crippen molar-refractivity contribution in [2.24, 2.45) is 0 Å². The highest BCUT2D eigenvalue weighted by Crippen LogP contribution is 2.35. The van der Waals surface area contributed by atoms with Gasteiger partial charge in [-0.25, -0.2) is 4.98 Å². The number of para-hydroxylation sites is 2. The molecular weight excluding hydrogens is 358 g/mol. The van der Waals surface area contributed by atoms with E-state index < -0.39 is 5.97 Å². The minimum atomic E-state index is -0.925. The molecule has 1 N–H and O–H groups in total. The Bertz CT molecular complexity index is 965. The Hall–Kier alpha value is -3.06. The minimum Gasteiger partial charge on any atom is -0.497 e. The average Bonchev–Trinajstić information content (AvgIpc) is 3.02. The molecule has 7 heteroatoms. The number of rotatable bonds is 9. The zero-order valence-electron chi connectivity index (χ0n) is 16.4. The lowest BCUT2D eigenvalue weighted by molar-refractivity contribution is -0.137. The molecule has 0 atom stereocenters. The van der Waals surface area contributed by atoms with Gasteiger partial charge in [0.25, 0.3) is 0 Å². The van der Waals surface area contributed by atoms with E-state index in [1.165, 1.54) is 0 Å². The van der Waals surface area contributed by atoms with Crippen molar-refractivity contribution in [3.8, 4) is 22.9 Å². The van der Waals surface area contributed by atoms with E-state index in [-0.39, 0.29) is 6.54 Å². The summed E-state index contributed by atoms with van der Waals surface area (Å²) < 4.78 is 13.1. The van der Waals surface area contributed by atoms with Gasteiger partial charge in [0, 0.05) is 12.6 Å².